The first-order valence-corrected chi connectivity index (χ1v) is 7.04. The highest BCUT2D eigenvalue weighted by atomic mass is 32.1. The maximum atomic E-state index is 9.38. The number of aliphatic hydroxyl groups excluding tert-OH is 1. The third kappa shape index (κ3) is 2.46. The molecule has 94 valence electrons. The summed E-state index contributed by atoms with van der Waals surface area (Å²) in [7, 11) is 0. The normalized spacial score (nSPS) is 10.6. The second-order valence-corrected chi connectivity index (χ2v) is 5.48. The van der Waals surface area contributed by atoms with E-state index in [1.165, 1.54) is 21.6 Å². The van der Waals surface area contributed by atoms with E-state index in [0.717, 1.165) is 4.88 Å². The molecular weight excluding hydrogens is 252 g/mol. The van der Waals surface area contributed by atoms with Crippen molar-refractivity contribution in [3.05, 3.63) is 71.6 Å². The van der Waals surface area contributed by atoms with E-state index in [2.05, 4.69) is 30.3 Å². The summed E-state index contributed by atoms with van der Waals surface area (Å²) in [5, 5.41) is 9.38. The Bertz CT molecular complexity index is 599. The van der Waals surface area contributed by atoms with E-state index in [1.54, 1.807) is 11.3 Å². The van der Waals surface area contributed by atoms with Crippen LogP contribution in [0.5, 0.6) is 0 Å². The van der Waals surface area contributed by atoms with Crippen molar-refractivity contribution in [1.29, 1.82) is 0 Å². The van der Waals surface area contributed by atoms with Crippen LogP contribution < -0.4 is 0 Å². The minimum Gasteiger partial charge on any atom is -0.391 e. The fourth-order valence-electron chi connectivity index (χ4n) is 2.16. The predicted octanol–water partition coefficient (Wildman–Crippen LogP) is 4.57. The molecule has 0 unspecified atom stereocenters. The molecule has 0 amide bonds. The summed E-state index contributed by atoms with van der Waals surface area (Å²) in [5.74, 6) is 0. The van der Waals surface area contributed by atoms with E-state index < -0.39 is 0 Å². The molecular formula is C17H14OS. The van der Waals surface area contributed by atoms with Gasteiger partial charge < -0.3 is 5.11 Å². The van der Waals surface area contributed by atoms with Crippen molar-refractivity contribution >= 4 is 11.3 Å². The Balaban J connectivity index is 2.17. The van der Waals surface area contributed by atoms with E-state index >= 15 is 0 Å². The second kappa shape index (κ2) is 5.39. The first kappa shape index (κ1) is 12.2. The van der Waals surface area contributed by atoms with Crippen LogP contribution in [0.3, 0.4) is 0 Å². The summed E-state index contributed by atoms with van der Waals surface area (Å²) in [6.07, 6.45) is 0. The van der Waals surface area contributed by atoms with Gasteiger partial charge in [-0.1, -0.05) is 60.7 Å². The van der Waals surface area contributed by atoms with Crippen LogP contribution in [0.4, 0.5) is 0 Å². The summed E-state index contributed by atoms with van der Waals surface area (Å²) in [6, 6.07) is 22.7. The molecule has 0 fully saturated rings. The fraction of sp³-hybridized carbons (Fsp3) is 0.0588. The highest BCUT2D eigenvalue weighted by Crippen LogP contribution is 2.39. The van der Waals surface area contributed by atoms with Crippen molar-refractivity contribution in [2.45, 2.75) is 6.61 Å². The molecule has 1 N–H and O–H groups in total. The van der Waals surface area contributed by atoms with E-state index in [1.807, 2.05) is 36.4 Å². The van der Waals surface area contributed by atoms with Crippen molar-refractivity contribution in [3.8, 4) is 21.6 Å². The summed E-state index contributed by atoms with van der Waals surface area (Å²) in [4.78, 5) is 2.22. The third-order valence-electron chi connectivity index (χ3n) is 3.06. The molecule has 19 heavy (non-hydrogen) atoms. The van der Waals surface area contributed by atoms with Gasteiger partial charge in [0.05, 0.1) is 6.61 Å². The standard InChI is InChI=1S/C17H14OS/c18-12-15-11-16(13-7-3-1-4-8-13)17(19-15)14-9-5-2-6-10-14/h1-11,18H,12H2. The maximum absolute atomic E-state index is 9.38. The van der Waals surface area contributed by atoms with Crippen molar-refractivity contribution in [1.82, 2.24) is 0 Å². The largest absolute Gasteiger partial charge is 0.391 e. The van der Waals surface area contributed by atoms with Gasteiger partial charge in [-0.2, -0.15) is 0 Å². The molecule has 0 bridgehead atoms. The number of thiophene rings is 1. The molecule has 1 aromatic heterocycles. The molecule has 0 atom stereocenters. The second-order valence-electron chi connectivity index (χ2n) is 4.35. The Labute approximate surface area is 116 Å². The molecule has 1 nitrogen and oxygen atoms in total. The molecule has 2 heteroatoms. The van der Waals surface area contributed by atoms with Gasteiger partial charge >= 0.3 is 0 Å². The van der Waals surface area contributed by atoms with Gasteiger partial charge in [-0.25, -0.2) is 0 Å². The number of benzene rings is 2. The van der Waals surface area contributed by atoms with Gasteiger partial charge in [0.2, 0.25) is 0 Å². The number of rotatable bonds is 3. The van der Waals surface area contributed by atoms with Gasteiger partial charge in [-0.05, 0) is 17.2 Å². The predicted molar refractivity (Wildman–Crippen MR) is 81.1 cm³/mol. The van der Waals surface area contributed by atoms with Gasteiger partial charge in [0, 0.05) is 15.3 Å². The van der Waals surface area contributed by atoms with Crippen LogP contribution >= 0.6 is 11.3 Å². The van der Waals surface area contributed by atoms with Crippen molar-refractivity contribution in [2.24, 2.45) is 0 Å². The average Bonchev–Trinajstić information content (AvgIpc) is 2.93. The molecule has 0 saturated heterocycles. The average molecular weight is 266 g/mol. The third-order valence-corrected chi connectivity index (χ3v) is 4.23. The van der Waals surface area contributed by atoms with Crippen LogP contribution in [0.2, 0.25) is 0 Å². The zero-order valence-electron chi connectivity index (χ0n) is 10.4. The Morgan fingerprint density at radius 1 is 0.789 bits per heavy atom. The highest BCUT2D eigenvalue weighted by Gasteiger charge is 2.11. The van der Waals surface area contributed by atoms with Crippen molar-refractivity contribution in [2.75, 3.05) is 0 Å². The van der Waals surface area contributed by atoms with Gasteiger partial charge in [-0.15, -0.1) is 11.3 Å². The molecule has 0 aliphatic rings. The van der Waals surface area contributed by atoms with Crippen LogP contribution in [0.1, 0.15) is 4.88 Å². The number of hydrogen-bond donors (Lipinski definition) is 1. The Morgan fingerprint density at radius 2 is 1.37 bits per heavy atom. The summed E-state index contributed by atoms with van der Waals surface area (Å²) >= 11 is 1.66. The molecule has 0 aliphatic heterocycles. The first-order chi connectivity index (χ1) is 9.38. The lowest BCUT2D eigenvalue weighted by atomic mass is 10.0. The van der Waals surface area contributed by atoms with Crippen LogP contribution in [0.15, 0.2) is 66.7 Å². The Hall–Kier alpha value is -1.90. The zero-order chi connectivity index (χ0) is 13.1. The Kier molecular flexibility index (Phi) is 3.45. The van der Waals surface area contributed by atoms with Crippen LogP contribution in [-0.4, -0.2) is 5.11 Å². The lowest BCUT2D eigenvalue weighted by Gasteiger charge is -2.03. The topological polar surface area (TPSA) is 20.2 Å². The van der Waals surface area contributed by atoms with Crippen LogP contribution in [0.25, 0.3) is 21.6 Å². The van der Waals surface area contributed by atoms with Gasteiger partial charge in [-0.3, -0.25) is 0 Å². The number of aliphatic hydroxyl groups is 1. The quantitative estimate of drug-likeness (QED) is 0.736. The summed E-state index contributed by atoms with van der Waals surface area (Å²) < 4.78 is 0. The van der Waals surface area contributed by atoms with Gasteiger partial charge in [0.1, 0.15) is 0 Å². The minimum atomic E-state index is 0.0946. The first-order valence-electron chi connectivity index (χ1n) is 6.23. The smallest absolute Gasteiger partial charge is 0.0774 e. The molecule has 1 heterocycles. The highest BCUT2D eigenvalue weighted by molar-refractivity contribution is 7.16. The molecule has 3 aromatic rings. The number of hydrogen-bond acceptors (Lipinski definition) is 2. The van der Waals surface area contributed by atoms with E-state index in [0.29, 0.717) is 0 Å². The van der Waals surface area contributed by atoms with E-state index in [4.69, 9.17) is 0 Å². The lowest BCUT2D eigenvalue weighted by Crippen LogP contribution is -1.78. The molecule has 0 aliphatic carbocycles. The maximum Gasteiger partial charge on any atom is 0.0774 e. The zero-order valence-corrected chi connectivity index (χ0v) is 11.2. The summed E-state index contributed by atoms with van der Waals surface area (Å²) in [5.41, 5.74) is 3.59. The summed E-state index contributed by atoms with van der Waals surface area (Å²) in [6.45, 7) is 0.0946. The fourth-order valence-corrected chi connectivity index (χ4v) is 3.20. The SMILES string of the molecule is OCc1cc(-c2ccccc2)c(-c2ccccc2)s1. The monoisotopic (exact) mass is 266 g/mol. The molecule has 2 aromatic carbocycles. The van der Waals surface area contributed by atoms with Crippen LogP contribution in [0, 0.1) is 0 Å². The van der Waals surface area contributed by atoms with Gasteiger partial charge in [0.15, 0.2) is 0 Å². The molecule has 0 spiro atoms. The van der Waals surface area contributed by atoms with Crippen molar-refractivity contribution < 1.29 is 5.11 Å². The van der Waals surface area contributed by atoms with E-state index in [-0.39, 0.29) is 6.61 Å². The molecule has 0 radical (unpaired) electrons. The minimum absolute atomic E-state index is 0.0946. The molecule has 0 saturated carbocycles. The van der Waals surface area contributed by atoms with Crippen LogP contribution in [-0.2, 0) is 6.61 Å². The lowest BCUT2D eigenvalue weighted by molar-refractivity contribution is 0.285. The van der Waals surface area contributed by atoms with Crippen molar-refractivity contribution in [3.63, 3.8) is 0 Å². The molecule has 3 rings (SSSR count). The van der Waals surface area contributed by atoms with E-state index in [9.17, 15) is 5.11 Å². The Morgan fingerprint density at radius 3 is 1.95 bits per heavy atom. The van der Waals surface area contributed by atoms with Gasteiger partial charge in [0.25, 0.3) is 0 Å².